The number of likely N-dealkylation sites (N-methyl/N-ethyl adjacent to an activating group) is 2. The fourth-order valence-electron chi connectivity index (χ4n) is 1.55. The molecule has 4 N–H and O–H groups in total. The maximum atomic E-state index is 9.47. The summed E-state index contributed by atoms with van der Waals surface area (Å²) in [6.07, 6.45) is 9.85. The number of halogens is 2. The summed E-state index contributed by atoms with van der Waals surface area (Å²) in [5.74, 6) is -0.963. The Labute approximate surface area is 197 Å². The fourth-order valence-corrected chi connectivity index (χ4v) is 1.55. The Balaban J connectivity index is -0.0000000649. The molecule has 0 aromatic heterocycles. The number of nitrogens with two attached hydrogens (primary N) is 2. The Morgan fingerprint density at radius 2 is 0.733 bits per heavy atom. The second-order valence-corrected chi connectivity index (χ2v) is 6.97. The van der Waals surface area contributed by atoms with Gasteiger partial charge < -0.3 is 45.2 Å². The molecule has 0 aliphatic carbocycles. The molecular formula is C22H42Cl2N4O2. The van der Waals surface area contributed by atoms with E-state index in [1.165, 1.54) is 0 Å². The van der Waals surface area contributed by atoms with Crippen LogP contribution in [-0.2, 0) is 9.59 Å². The fraction of sp³-hybridized carbons (Fsp3) is 0.364. The van der Waals surface area contributed by atoms with Gasteiger partial charge in [-0.15, -0.1) is 0 Å². The van der Waals surface area contributed by atoms with Crippen molar-refractivity contribution in [3.05, 3.63) is 75.9 Å². The van der Waals surface area contributed by atoms with Gasteiger partial charge in [-0.05, 0) is 36.5 Å². The van der Waals surface area contributed by atoms with Crippen LogP contribution in [0.1, 0.15) is 0 Å². The lowest BCUT2D eigenvalue weighted by Crippen LogP contribution is -3.00. The van der Waals surface area contributed by atoms with Crippen molar-refractivity contribution in [2.75, 3.05) is 54.4 Å². The molecule has 2 amide bonds. The first-order valence-corrected chi connectivity index (χ1v) is 8.70. The Morgan fingerprint density at radius 1 is 0.600 bits per heavy atom. The van der Waals surface area contributed by atoms with E-state index in [0.29, 0.717) is 0 Å². The lowest BCUT2D eigenvalue weighted by molar-refractivity contribution is -0.878. The third-order valence-corrected chi connectivity index (χ3v) is 2.90. The highest BCUT2D eigenvalue weighted by molar-refractivity contribution is 5.85. The number of hydrogen-bond donors (Lipinski definition) is 2. The predicted octanol–water partition coefficient (Wildman–Crippen LogP) is -3.81. The first kappa shape index (κ1) is 42.1. The van der Waals surface area contributed by atoms with Crippen LogP contribution in [-0.4, -0.2) is 75.2 Å². The minimum absolute atomic E-state index is 0. The van der Waals surface area contributed by atoms with Crippen LogP contribution in [0.2, 0.25) is 0 Å². The van der Waals surface area contributed by atoms with Crippen LogP contribution >= 0.6 is 0 Å². The van der Waals surface area contributed by atoms with Crippen LogP contribution in [0.15, 0.2) is 75.9 Å². The van der Waals surface area contributed by atoms with Crippen LogP contribution in [0, 0.1) is 0 Å². The molecule has 30 heavy (non-hydrogen) atoms. The zero-order valence-corrected chi connectivity index (χ0v) is 20.7. The molecule has 0 saturated heterocycles. The van der Waals surface area contributed by atoms with Gasteiger partial charge in [-0.2, -0.15) is 0 Å². The average Bonchev–Trinajstić information content (AvgIpc) is 2.56. The van der Waals surface area contributed by atoms with Gasteiger partial charge in [0.25, 0.3) is 0 Å². The summed E-state index contributed by atoms with van der Waals surface area (Å²) in [7, 11) is 8.62. The molecule has 0 aromatic rings. The molecule has 0 aliphatic heterocycles. The first-order valence-electron chi connectivity index (χ1n) is 8.70. The summed E-state index contributed by atoms with van der Waals surface area (Å²) < 4.78 is 1.90. The van der Waals surface area contributed by atoms with Crippen molar-refractivity contribution >= 4 is 11.8 Å². The average molecular weight is 466 g/mol. The molecule has 0 spiro atoms. The molecule has 0 bridgehead atoms. The van der Waals surface area contributed by atoms with E-state index in [2.05, 4.69) is 79.1 Å². The quantitative estimate of drug-likeness (QED) is 0.197. The first-order chi connectivity index (χ1) is 12.8. The smallest absolute Gasteiger partial charge is 0.240 e. The summed E-state index contributed by atoms with van der Waals surface area (Å²) in [6.45, 7) is 24.9. The minimum atomic E-state index is -0.481. The lowest BCUT2D eigenvalue weighted by atomic mass is 10.4. The third-order valence-electron chi connectivity index (χ3n) is 2.90. The molecule has 6 nitrogen and oxygen atoms in total. The van der Waals surface area contributed by atoms with Crippen LogP contribution in [0.25, 0.3) is 0 Å². The van der Waals surface area contributed by atoms with Gasteiger partial charge in [0.15, 0.2) is 0 Å². The van der Waals surface area contributed by atoms with Crippen molar-refractivity contribution < 1.29 is 43.4 Å². The van der Waals surface area contributed by atoms with Crippen molar-refractivity contribution in [1.29, 1.82) is 0 Å². The van der Waals surface area contributed by atoms with Gasteiger partial charge >= 0.3 is 0 Å². The Hall–Kier alpha value is -2.12. The van der Waals surface area contributed by atoms with E-state index in [9.17, 15) is 9.59 Å². The SMILES string of the molecule is C=CC(N)=O.C=CC(N)=O.C=CC[N+](C)(C)CC=C.C=CC[N+](C)(C)CC=C.[Cl-].[Cl-]. The second kappa shape index (κ2) is 26.9. The summed E-state index contributed by atoms with van der Waals surface area (Å²) in [4.78, 5) is 18.9. The molecular weight excluding hydrogens is 423 g/mol. The highest BCUT2D eigenvalue weighted by Gasteiger charge is 2.08. The Kier molecular flexibility index (Phi) is 37.7. The molecule has 0 atom stereocenters. The molecule has 0 radical (unpaired) electrons. The molecule has 0 aliphatic rings. The lowest BCUT2D eigenvalue weighted by Gasteiger charge is -2.26. The van der Waals surface area contributed by atoms with E-state index in [1.807, 2.05) is 24.3 Å². The summed E-state index contributed by atoms with van der Waals surface area (Å²) in [6, 6.07) is 0. The minimum Gasteiger partial charge on any atom is -1.00 e. The molecule has 176 valence electrons. The number of quaternary nitrogens is 2. The van der Waals surface area contributed by atoms with Gasteiger partial charge in [0.2, 0.25) is 11.8 Å². The van der Waals surface area contributed by atoms with Gasteiger partial charge in [0.1, 0.15) is 0 Å². The predicted molar refractivity (Wildman–Crippen MR) is 123 cm³/mol. The van der Waals surface area contributed by atoms with E-state index in [1.54, 1.807) is 0 Å². The van der Waals surface area contributed by atoms with E-state index >= 15 is 0 Å². The van der Waals surface area contributed by atoms with Crippen molar-refractivity contribution in [1.82, 2.24) is 0 Å². The number of amides is 2. The van der Waals surface area contributed by atoms with E-state index < -0.39 is 11.8 Å². The molecule has 0 fully saturated rings. The molecule has 0 saturated carbocycles. The summed E-state index contributed by atoms with van der Waals surface area (Å²) in [5, 5.41) is 0. The van der Waals surface area contributed by atoms with Crippen LogP contribution in [0.5, 0.6) is 0 Å². The maximum absolute atomic E-state index is 9.47. The Morgan fingerprint density at radius 3 is 0.800 bits per heavy atom. The number of nitrogens with zero attached hydrogens (tertiary/aromatic N) is 2. The van der Waals surface area contributed by atoms with Crippen molar-refractivity contribution in [3.63, 3.8) is 0 Å². The number of carbonyl (C=O) groups is 2. The van der Waals surface area contributed by atoms with Gasteiger partial charge in [0.05, 0.1) is 54.4 Å². The van der Waals surface area contributed by atoms with Crippen molar-refractivity contribution in [2.45, 2.75) is 0 Å². The topological polar surface area (TPSA) is 86.2 Å². The molecule has 0 rings (SSSR count). The van der Waals surface area contributed by atoms with Crippen LogP contribution in [0.3, 0.4) is 0 Å². The monoisotopic (exact) mass is 464 g/mol. The third kappa shape index (κ3) is 50.1. The summed E-state index contributed by atoms with van der Waals surface area (Å²) in [5.41, 5.74) is 9.07. The summed E-state index contributed by atoms with van der Waals surface area (Å²) >= 11 is 0. The van der Waals surface area contributed by atoms with Gasteiger partial charge in [-0.1, -0.05) is 39.5 Å². The van der Waals surface area contributed by atoms with E-state index in [-0.39, 0.29) is 24.8 Å². The molecule has 0 heterocycles. The van der Waals surface area contributed by atoms with Gasteiger partial charge in [0, 0.05) is 0 Å². The molecule has 8 heteroatoms. The normalized spacial score (nSPS) is 8.67. The van der Waals surface area contributed by atoms with E-state index in [0.717, 1.165) is 47.3 Å². The number of hydrogen-bond acceptors (Lipinski definition) is 2. The second-order valence-electron chi connectivity index (χ2n) is 6.97. The standard InChI is InChI=1S/2C8H16N.2C3H5NO.2ClH/c2*1-5-7-9(3,4)8-6-2;2*1-2-3(4)5;;/h2*5-6H,1-2,7-8H2,3-4H3;2*2H,1H2,(H2,4,5);2*1H/q2*+1;;;;/p-2. The maximum Gasteiger partial charge on any atom is 0.240 e. The number of carbonyl (C=O) groups excluding carboxylic acids is 2. The zero-order valence-electron chi connectivity index (χ0n) is 19.2. The van der Waals surface area contributed by atoms with Gasteiger partial charge in [-0.25, -0.2) is 0 Å². The van der Waals surface area contributed by atoms with Gasteiger partial charge in [-0.3, -0.25) is 9.59 Å². The largest absolute Gasteiger partial charge is 1.00 e. The van der Waals surface area contributed by atoms with Crippen molar-refractivity contribution in [2.24, 2.45) is 11.5 Å². The number of primary amides is 2. The molecule has 0 aromatic carbocycles. The van der Waals surface area contributed by atoms with E-state index in [4.69, 9.17) is 0 Å². The zero-order chi connectivity index (χ0) is 23.2. The van der Waals surface area contributed by atoms with Crippen LogP contribution < -0.4 is 36.3 Å². The highest BCUT2D eigenvalue weighted by Crippen LogP contribution is 1.95. The highest BCUT2D eigenvalue weighted by atomic mass is 35.5. The van der Waals surface area contributed by atoms with Crippen LogP contribution in [0.4, 0.5) is 0 Å². The molecule has 0 unspecified atom stereocenters. The Bertz CT molecular complexity index is 447. The van der Waals surface area contributed by atoms with Crippen molar-refractivity contribution in [3.8, 4) is 0 Å². The number of rotatable bonds is 10.